The lowest BCUT2D eigenvalue weighted by Gasteiger charge is -2.21. The first-order valence-electron chi connectivity index (χ1n) is 7.04. The number of alkyl carbamates (subject to hydrolysis) is 1. The molecule has 0 radical (unpaired) electrons. The fourth-order valence-corrected chi connectivity index (χ4v) is 2.01. The first-order chi connectivity index (χ1) is 8.85. The number of ether oxygens (including phenoxy) is 1. The van der Waals surface area contributed by atoms with Crippen molar-refractivity contribution in [1.29, 1.82) is 0 Å². The van der Waals surface area contributed by atoms with Gasteiger partial charge in [0.25, 0.3) is 0 Å². The number of carbonyl (C=O) groups is 1. The van der Waals surface area contributed by atoms with Crippen LogP contribution in [0.1, 0.15) is 47.0 Å². The maximum absolute atomic E-state index is 11.4. The zero-order chi connectivity index (χ0) is 14.7. The summed E-state index contributed by atoms with van der Waals surface area (Å²) in [5.74, 6) is 1.25. The Bertz CT molecular complexity index is 242. The van der Waals surface area contributed by atoms with Gasteiger partial charge in [0.15, 0.2) is 0 Å². The van der Waals surface area contributed by atoms with Crippen LogP contribution in [0.25, 0.3) is 0 Å². The van der Waals surface area contributed by atoms with Gasteiger partial charge in [-0.1, -0.05) is 6.42 Å². The molecule has 19 heavy (non-hydrogen) atoms. The van der Waals surface area contributed by atoms with Crippen LogP contribution in [0.2, 0.25) is 0 Å². The molecule has 0 aliphatic rings. The second-order valence-corrected chi connectivity index (χ2v) is 6.78. The number of carbonyl (C=O) groups excluding carboxylic acids is 1. The molecule has 0 heterocycles. The highest BCUT2D eigenvalue weighted by molar-refractivity contribution is 7.98. The predicted octanol–water partition coefficient (Wildman–Crippen LogP) is 3.02. The Kier molecular flexibility index (Phi) is 10.1. The molecule has 0 bridgehead atoms. The van der Waals surface area contributed by atoms with Crippen LogP contribution in [0.3, 0.4) is 0 Å². The standard InChI is InChI=1S/C14H30N2O2S/c1-12(15-9-7-6-8-10-19-5)11-16-13(17)18-14(2,3)4/h12,15H,6-11H2,1-5H3,(H,16,17). The number of nitrogens with one attached hydrogen (secondary N) is 2. The Morgan fingerprint density at radius 2 is 1.95 bits per heavy atom. The molecule has 0 fully saturated rings. The summed E-state index contributed by atoms with van der Waals surface area (Å²) in [4.78, 5) is 11.4. The molecular weight excluding hydrogens is 260 g/mol. The van der Waals surface area contributed by atoms with Crippen LogP contribution in [-0.2, 0) is 4.74 Å². The summed E-state index contributed by atoms with van der Waals surface area (Å²) in [5, 5.41) is 6.17. The largest absolute Gasteiger partial charge is 0.444 e. The summed E-state index contributed by atoms with van der Waals surface area (Å²) in [6.07, 6.45) is 5.54. The Morgan fingerprint density at radius 1 is 1.26 bits per heavy atom. The van der Waals surface area contributed by atoms with Gasteiger partial charge in [0.2, 0.25) is 0 Å². The first kappa shape index (κ1) is 18.6. The van der Waals surface area contributed by atoms with Gasteiger partial charge >= 0.3 is 6.09 Å². The van der Waals surface area contributed by atoms with Gasteiger partial charge in [-0.05, 0) is 59.1 Å². The van der Waals surface area contributed by atoms with Crippen molar-refractivity contribution in [3.05, 3.63) is 0 Å². The Balaban J connectivity index is 3.48. The molecule has 1 amide bonds. The van der Waals surface area contributed by atoms with Gasteiger partial charge in [0.1, 0.15) is 5.60 Å². The molecular formula is C14H30N2O2S. The fourth-order valence-electron chi connectivity index (χ4n) is 1.52. The molecule has 1 unspecified atom stereocenters. The van der Waals surface area contributed by atoms with Crippen molar-refractivity contribution >= 4 is 17.9 Å². The monoisotopic (exact) mass is 290 g/mol. The van der Waals surface area contributed by atoms with Crippen LogP contribution in [0.15, 0.2) is 0 Å². The van der Waals surface area contributed by atoms with E-state index in [0.717, 1.165) is 6.54 Å². The van der Waals surface area contributed by atoms with E-state index in [4.69, 9.17) is 4.74 Å². The molecule has 0 aliphatic carbocycles. The summed E-state index contributed by atoms with van der Waals surface area (Å²) in [5.41, 5.74) is -0.433. The van der Waals surface area contributed by atoms with Crippen LogP contribution in [-0.4, -0.2) is 42.8 Å². The summed E-state index contributed by atoms with van der Waals surface area (Å²) in [6.45, 7) is 9.26. The summed E-state index contributed by atoms with van der Waals surface area (Å²) < 4.78 is 5.18. The minimum absolute atomic E-state index is 0.271. The number of amides is 1. The minimum Gasteiger partial charge on any atom is -0.444 e. The van der Waals surface area contributed by atoms with E-state index in [0.29, 0.717) is 6.54 Å². The second-order valence-electron chi connectivity index (χ2n) is 5.79. The molecule has 0 rings (SSSR count). The Labute approximate surface area is 122 Å². The molecule has 0 aromatic carbocycles. The fraction of sp³-hybridized carbons (Fsp3) is 0.929. The van der Waals surface area contributed by atoms with E-state index in [1.54, 1.807) is 0 Å². The van der Waals surface area contributed by atoms with Crippen LogP contribution in [0.4, 0.5) is 4.79 Å². The predicted molar refractivity (Wildman–Crippen MR) is 83.9 cm³/mol. The maximum Gasteiger partial charge on any atom is 0.407 e. The molecule has 4 nitrogen and oxygen atoms in total. The average molecular weight is 290 g/mol. The highest BCUT2D eigenvalue weighted by Gasteiger charge is 2.16. The molecule has 0 aliphatic heterocycles. The molecule has 0 aromatic heterocycles. The van der Waals surface area contributed by atoms with Gasteiger partial charge in [0.05, 0.1) is 0 Å². The molecule has 0 saturated carbocycles. The van der Waals surface area contributed by atoms with Crippen LogP contribution in [0.5, 0.6) is 0 Å². The van der Waals surface area contributed by atoms with E-state index < -0.39 is 5.60 Å². The lowest BCUT2D eigenvalue weighted by molar-refractivity contribution is 0.0523. The number of thioether (sulfide) groups is 1. The number of unbranched alkanes of at least 4 members (excludes halogenated alkanes) is 2. The van der Waals surface area contributed by atoms with E-state index in [2.05, 4.69) is 23.8 Å². The number of rotatable bonds is 9. The van der Waals surface area contributed by atoms with Gasteiger partial charge in [-0.2, -0.15) is 11.8 Å². The smallest absolute Gasteiger partial charge is 0.407 e. The van der Waals surface area contributed by atoms with Crippen molar-refractivity contribution in [3.63, 3.8) is 0 Å². The van der Waals surface area contributed by atoms with E-state index in [9.17, 15) is 4.79 Å². The molecule has 0 spiro atoms. The second kappa shape index (κ2) is 10.4. The summed E-state index contributed by atoms with van der Waals surface area (Å²) in [6, 6.07) is 0.271. The van der Waals surface area contributed by atoms with Crippen LogP contribution in [0, 0.1) is 0 Å². The van der Waals surface area contributed by atoms with E-state index in [1.807, 2.05) is 32.5 Å². The van der Waals surface area contributed by atoms with Gasteiger partial charge in [0, 0.05) is 12.6 Å². The zero-order valence-electron chi connectivity index (χ0n) is 13.0. The van der Waals surface area contributed by atoms with Crippen molar-refractivity contribution in [3.8, 4) is 0 Å². The molecule has 2 N–H and O–H groups in total. The van der Waals surface area contributed by atoms with Crippen molar-refractivity contribution in [1.82, 2.24) is 10.6 Å². The highest BCUT2D eigenvalue weighted by Crippen LogP contribution is 2.06. The third-order valence-electron chi connectivity index (χ3n) is 2.47. The molecule has 5 heteroatoms. The van der Waals surface area contributed by atoms with Crippen molar-refractivity contribution in [2.45, 2.75) is 58.6 Å². The van der Waals surface area contributed by atoms with Gasteiger partial charge in [-0.25, -0.2) is 4.79 Å². The lowest BCUT2D eigenvalue weighted by Crippen LogP contribution is -2.41. The van der Waals surface area contributed by atoms with Crippen LogP contribution >= 0.6 is 11.8 Å². The van der Waals surface area contributed by atoms with E-state index in [1.165, 1.54) is 25.0 Å². The topological polar surface area (TPSA) is 50.4 Å². The summed E-state index contributed by atoms with van der Waals surface area (Å²) >= 11 is 1.90. The Hall–Kier alpha value is -0.420. The SMILES string of the molecule is CSCCCCCNC(C)CNC(=O)OC(C)(C)C. The quantitative estimate of drug-likeness (QED) is 0.641. The lowest BCUT2D eigenvalue weighted by atomic mass is 10.2. The highest BCUT2D eigenvalue weighted by atomic mass is 32.2. The van der Waals surface area contributed by atoms with Gasteiger partial charge in [-0.15, -0.1) is 0 Å². The first-order valence-corrected chi connectivity index (χ1v) is 8.43. The third-order valence-corrected chi connectivity index (χ3v) is 3.17. The van der Waals surface area contributed by atoms with Crippen molar-refractivity contribution < 1.29 is 9.53 Å². The van der Waals surface area contributed by atoms with E-state index >= 15 is 0 Å². The maximum atomic E-state index is 11.4. The van der Waals surface area contributed by atoms with Crippen molar-refractivity contribution in [2.24, 2.45) is 0 Å². The van der Waals surface area contributed by atoms with E-state index in [-0.39, 0.29) is 12.1 Å². The molecule has 114 valence electrons. The summed E-state index contributed by atoms with van der Waals surface area (Å²) in [7, 11) is 0. The normalized spacial score (nSPS) is 13.1. The zero-order valence-corrected chi connectivity index (χ0v) is 13.9. The van der Waals surface area contributed by atoms with Crippen molar-refractivity contribution in [2.75, 3.05) is 25.1 Å². The molecule has 1 atom stereocenters. The third kappa shape index (κ3) is 13.8. The number of hydrogen-bond donors (Lipinski definition) is 2. The Morgan fingerprint density at radius 3 is 2.53 bits per heavy atom. The van der Waals surface area contributed by atoms with Gasteiger partial charge in [-0.3, -0.25) is 0 Å². The minimum atomic E-state index is -0.433. The van der Waals surface area contributed by atoms with Gasteiger partial charge < -0.3 is 15.4 Å². The number of hydrogen-bond acceptors (Lipinski definition) is 4. The van der Waals surface area contributed by atoms with Crippen LogP contribution < -0.4 is 10.6 Å². The average Bonchev–Trinajstić information content (AvgIpc) is 2.29. The molecule has 0 aromatic rings. The molecule has 0 saturated heterocycles.